The van der Waals surface area contributed by atoms with Crippen molar-refractivity contribution in [2.24, 2.45) is 0 Å². The van der Waals surface area contributed by atoms with Crippen LogP contribution in [-0.4, -0.2) is 67.6 Å². The van der Waals surface area contributed by atoms with Crippen LogP contribution in [-0.2, 0) is 14.3 Å². The van der Waals surface area contributed by atoms with Crippen LogP contribution in [0.15, 0.2) is 0 Å². The summed E-state index contributed by atoms with van der Waals surface area (Å²) in [6, 6.07) is -0.953. The van der Waals surface area contributed by atoms with Gasteiger partial charge in [0, 0.05) is 6.54 Å². The molecule has 3 aliphatic heterocycles. The number of alkyl halides is 3. The summed E-state index contributed by atoms with van der Waals surface area (Å²) in [4.78, 5) is 13.4. The number of nitrogens with zero attached hydrogens (tertiary/aromatic N) is 1. The quantitative estimate of drug-likeness (QED) is 0.833. The molecule has 8 heteroatoms. The fourth-order valence-corrected chi connectivity index (χ4v) is 3.37. The summed E-state index contributed by atoms with van der Waals surface area (Å²) in [7, 11) is 0. The van der Waals surface area contributed by atoms with Gasteiger partial charge in [-0.1, -0.05) is 0 Å². The zero-order valence-corrected chi connectivity index (χ0v) is 11.6. The van der Waals surface area contributed by atoms with E-state index in [2.05, 4.69) is 5.32 Å². The summed E-state index contributed by atoms with van der Waals surface area (Å²) in [6.07, 6.45) is -1.45. The number of rotatable bonds is 3. The van der Waals surface area contributed by atoms with Crippen molar-refractivity contribution in [3.63, 3.8) is 0 Å². The number of morpholine rings is 1. The molecule has 21 heavy (non-hydrogen) atoms. The molecule has 0 aromatic carbocycles. The first-order valence-electron chi connectivity index (χ1n) is 7.27. The lowest BCUT2D eigenvalue weighted by Gasteiger charge is -2.35. The number of ether oxygens (including phenoxy) is 2. The average molecular weight is 308 g/mol. The van der Waals surface area contributed by atoms with Gasteiger partial charge >= 0.3 is 6.18 Å². The Kier molecular flexibility index (Phi) is 4.11. The van der Waals surface area contributed by atoms with Crippen molar-refractivity contribution in [3.05, 3.63) is 0 Å². The van der Waals surface area contributed by atoms with Gasteiger partial charge in [-0.25, -0.2) is 0 Å². The standard InChI is InChI=1S/C13H19F3N2O3/c14-13(15,16)7-18-3-4-20-6-10(18)12(19)17-9-5-8-1-2-11(9)21-8/h8-11H,1-7H2,(H,17,19)/t8-,9+,10+,11-/m1/s1. The third kappa shape index (κ3) is 3.49. The molecule has 2 bridgehead atoms. The zero-order valence-electron chi connectivity index (χ0n) is 11.6. The van der Waals surface area contributed by atoms with Crippen molar-refractivity contribution in [1.82, 2.24) is 10.2 Å². The second-order valence-electron chi connectivity index (χ2n) is 5.90. The van der Waals surface area contributed by atoms with Crippen molar-refractivity contribution < 1.29 is 27.4 Å². The number of hydrogen-bond donors (Lipinski definition) is 1. The molecule has 120 valence electrons. The Morgan fingerprint density at radius 1 is 1.33 bits per heavy atom. The Labute approximate surface area is 120 Å². The minimum absolute atomic E-state index is 0.00356. The Bertz CT molecular complexity index is 405. The maximum atomic E-state index is 12.6. The van der Waals surface area contributed by atoms with Crippen LogP contribution in [0.5, 0.6) is 0 Å². The van der Waals surface area contributed by atoms with Gasteiger partial charge in [0.25, 0.3) is 0 Å². The largest absolute Gasteiger partial charge is 0.401 e. The van der Waals surface area contributed by atoms with E-state index in [1.54, 1.807) is 0 Å². The predicted octanol–water partition coefficient (Wildman–Crippen LogP) is 0.686. The average Bonchev–Trinajstić information content (AvgIpc) is 2.99. The van der Waals surface area contributed by atoms with Crippen molar-refractivity contribution in [3.8, 4) is 0 Å². The van der Waals surface area contributed by atoms with Crippen LogP contribution in [0, 0.1) is 0 Å². The molecule has 0 radical (unpaired) electrons. The van der Waals surface area contributed by atoms with Crippen molar-refractivity contribution >= 4 is 5.91 Å². The fourth-order valence-electron chi connectivity index (χ4n) is 3.37. The molecule has 0 aromatic rings. The van der Waals surface area contributed by atoms with E-state index in [-0.39, 0.29) is 43.9 Å². The molecule has 0 aliphatic carbocycles. The number of hydrogen-bond acceptors (Lipinski definition) is 4. The fraction of sp³-hybridized carbons (Fsp3) is 0.923. The molecular formula is C13H19F3N2O3. The van der Waals surface area contributed by atoms with Gasteiger partial charge in [0.05, 0.1) is 38.0 Å². The third-order valence-corrected chi connectivity index (χ3v) is 4.36. The maximum absolute atomic E-state index is 12.6. The lowest BCUT2D eigenvalue weighted by atomic mass is 9.95. The van der Waals surface area contributed by atoms with Gasteiger partial charge < -0.3 is 14.8 Å². The van der Waals surface area contributed by atoms with Crippen LogP contribution in [0.2, 0.25) is 0 Å². The van der Waals surface area contributed by atoms with E-state index in [9.17, 15) is 18.0 Å². The number of carbonyl (C=O) groups excluding carboxylic acids is 1. The van der Waals surface area contributed by atoms with Crippen LogP contribution in [0.1, 0.15) is 19.3 Å². The number of nitrogens with one attached hydrogen (secondary N) is 1. The smallest absolute Gasteiger partial charge is 0.378 e. The lowest BCUT2D eigenvalue weighted by molar-refractivity contribution is -0.167. The van der Waals surface area contributed by atoms with Crippen molar-refractivity contribution in [1.29, 1.82) is 0 Å². The lowest BCUT2D eigenvalue weighted by Crippen LogP contribution is -2.58. The van der Waals surface area contributed by atoms with Gasteiger partial charge in [-0.15, -0.1) is 0 Å². The summed E-state index contributed by atoms with van der Waals surface area (Å²) < 4.78 is 48.5. The number of amides is 1. The molecule has 4 atom stereocenters. The molecule has 0 unspecified atom stereocenters. The second kappa shape index (κ2) is 5.73. The highest BCUT2D eigenvalue weighted by Crippen LogP contribution is 2.34. The normalized spacial score (nSPS) is 36.9. The highest BCUT2D eigenvalue weighted by atomic mass is 19.4. The van der Waals surface area contributed by atoms with E-state index in [1.165, 1.54) is 0 Å². The summed E-state index contributed by atoms with van der Waals surface area (Å²) >= 11 is 0. The van der Waals surface area contributed by atoms with Crippen LogP contribution < -0.4 is 5.32 Å². The predicted molar refractivity (Wildman–Crippen MR) is 66.7 cm³/mol. The Morgan fingerprint density at radius 2 is 2.14 bits per heavy atom. The SMILES string of the molecule is O=C(N[C@H]1C[C@H]2CC[C@H]1O2)[C@@H]1COCCN1CC(F)(F)F. The molecule has 0 spiro atoms. The highest BCUT2D eigenvalue weighted by molar-refractivity contribution is 5.82. The van der Waals surface area contributed by atoms with Crippen LogP contribution in [0.4, 0.5) is 13.2 Å². The molecule has 3 fully saturated rings. The molecule has 5 nitrogen and oxygen atoms in total. The van der Waals surface area contributed by atoms with E-state index < -0.39 is 18.8 Å². The summed E-state index contributed by atoms with van der Waals surface area (Å²) in [5.41, 5.74) is 0. The molecule has 3 aliphatic rings. The number of carbonyl (C=O) groups is 1. The molecule has 0 saturated carbocycles. The Morgan fingerprint density at radius 3 is 2.76 bits per heavy atom. The van der Waals surface area contributed by atoms with E-state index in [0.717, 1.165) is 24.2 Å². The molecular weight excluding hydrogens is 289 g/mol. The summed E-state index contributed by atoms with van der Waals surface area (Å²) in [6.45, 7) is -0.743. The molecule has 3 saturated heterocycles. The minimum Gasteiger partial charge on any atom is -0.378 e. The molecule has 1 N–H and O–H groups in total. The van der Waals surface area contributed by atoms with Crippen molar-refractivity contribution in [2.45, 2.75) is 49.7 Å². The first-order valence-corrected chi connectivity index (χ1v) is 7.27. The Hall–Kier alpha value is -0.860. The van der Waals surface area contributed by atoms with Gasteiger partial charge in [0.15, 0.2) is 0 Å². The van der Waals surface area contributed by atoms with Gasteiger partial charge in [0.2, 0.25) is 5.91 Å². The second-order valence-corrected chi connectivity index (χ2v) is 5.90. The van der Waals surface area contributed by atoms with Crippen LogP contribution in [0.25, 0.3) is 0 Å². The van der Waals surface area contributed by atoms with E-state index in [0.29, 0.717) is 0 Å². The van der Waals surface area contributed by atoms with E-state index in [4.69, 9.17) is 9.47 Å². The molecule has 3 rings (SSSR count). The molecule has 0 aromatic heterocycles. The number of halogens is 3. The Balaban J connectivity index is 1.59. The van der Waals surface area contributed by atoms with Crippen LogP contribution >= 0.6 is 0 Å². The van der Waals surface area contributed by atoms with Gasteiger partial charge in [-0.3, -0.25) is 9.69 Å². The summed E-state index contributed by atoms with van der Waals surface area (Å²) in [5, 5.41) is 2.84. The van der Waals surface area contributed by atoms with Crippen molar-refractivity contribution in [2.75, 3.05) is 26.3 Å². The van der Waals surface area contributed by atoms with E-state index >= 15 is 0 Å². The third-order valence-electron chi connectivity index (χ3n) is 4.36. The monoisotopic (exact) mass is 308 g/mol. The van der Waals surface area contributed by atoms with Gasteiger partial charge in [-0.05, 0) is 19.3 Å². The van der Waals surface area contributed by atoms with Gasteiger partial charge in [0.1, 0.15) is 6.04 Å². The van der Waals surface area contributed by atoms with E-state index in [1.807, 2.05) is 0 Å². The minimum atomic E-state index is -4.31. The number of fused-ring (bicyclic) bond motifs is 2. The first-order chi connectivity index (χ1) is 9.92. The highest BCUT2D eigenvalue weighted by Gasteiger charge is 2.43. The van der Waals surface area contributed by atoms with Gasteiger partial charge in [-0.2, -0.15) is 13.2 Å². The van der Waals surface area contributed by atoms with Crippen LogP contribution in [0.3, 0.4) is 0 Å². The summed E-state index contributed by atoms with van der Waals surface area (Å²) in [5.74, 6) is -0.389. The zero-order chi connectivity index (χ0) is 15.0. The maximum Gasteiger partial charge on any atom is 0.401 e. The first kappa shape index (κ1) is 15.1. The topological polar surface area (TPSA) is 50.8 Å². The molecule has 1 amide bonds. The molecule has 3 heterocycles.